The SMILES string of the molecule is CN1CCN(c2nc(O)c(C(=Cc3ccc(Br)cc3C(F)(F)F)c3ccc4[nH]ncc4c3)s2)CC1. The molecule has 11 heteroatoms. The predicted molar refractivity (Wildman–Crippen MR) is 136 cm³/mol. The minimum absolute atomic E-state index is 0.00284. The zero-order chi connectivity index (χ0) is 24.7. The Morgan fingerprint density at radius 2 is 1.91 bits per heavy atom. The Balaban J connectivity index is 1.66. The quantitative estimate of drug-likeness (QED) is 0.305. The predicted octanol–water partition coefficient (Wildman–Crippen LogP) is 5.85. The summed E-state index contributed by atoms with van der Waals surface area (Å²) in [7, 11) is 2.05. The molecule has 2 N–H and O–H groups in total. The van der Waals surface area contributed by atoms with Gasteiger partial charge in [-0.3, -0.25) is 5.10 Å². The second kappa shape index (κ2) is 9.29. The van der Waals surface area contributed by atoms with E-state index in [0.29, 0.717) is 25.6 Å². The summed E-state index contributed by atoms with van der Waals surface area (Å²) in [5.74, 6) is -0.201. The van der Waals surface area contributed by atoms with Gasteiger partial charge in [-0.1, -0.05) is 39.4 Å². The number of halogens is 4. The Hall–Kier alpha value is -2.89. The van der Waals surface area contributed by atoms with Crippen LogP contribution in [0, 0.1) is 0 Å². The number of alkyl halides is 3. The summed E-state index contributed by atoms with van der Waals surface area (Å²) in [4.78, 5) is 9.09. The second-order valence-electron chi connectivity index (χ2n) is 8.40. The van der Waals surface area contributed by atoms with Crippen LogP contribution in [0.5, 0.6) is 5.88 Å². The van der Waals surface area contributed by atoms with Crippen LogP contribution in [0.4, 0.5) is 18.3 Å². The largest absolute Gasteiger partial charge is 0.492 e. The second-order valence-corrected chi connectivity index (χ2v) is 10.3. The van der Waals surface area contributed by atoms with Gasteiger partial charge in [0.25, 0.3) is 0 Å². The Morgan fingerprint density at radius 1 is 1.14 bits per heavy atom. The average molecular weight is 564 g/mol. The lowest BCUT2D eigenvalue weighted by Gasteiger charge is -2.31. The molecule has 0 amide bonds. The van der Waals surface area contributed by atoms with E-state index in [0.717, 1.165) is 43.1 Å². The molecule has 2 aromatic heterocycles. The Kier molecular flexibility index (Phi) is 6.32. The fraction of sp³-hybridized carbons (Fsp3) is 0.250. The third-order valence-corrected chi connectivity index (χ3v) is 7.62. The van der Waals surface area contributed by atoms with Gasteiger partial charge >= 0.3 is 6.18 Å². The normalized spacial score (nSPS) is 15.8. The lowest BCUT2D eigenvalue weighted by Crippen LogP contribution is -2.44. The van der Waals surface area contributed by atoms with E-state index in [1.807, 2.05) is 19.2 Å². The van der Waals surface area contributed by atoms with Gasteiger partial charge in [0.05, 0.1) is 17.3 Å². The number of hydrogen-bond donors (Lipinski definition) is 2. The maximum Gasteiger partial charge on any atom is 0.417 e. The van der Waals surface area contributed by atoms with E-state index >= 15 is 0 Å². The zero-order valence-electron chi connectivity index (χ0n) is 18.6. The number of nitrogens with one attached hydrogen (secondary N) is 1. The van der Waals surface area contributed by atoms with E-state index < -0.39 is 11.7 Å². The number of hydrogen-bond acceptors (Lipinski definition) is 6. The molecule has 4 aromatic rings. The van der Waals surface area contributed by atoms with Crippen molar-refractivity contribution in [2.45, 2.75) is 6.18 Å². The van der Waals surface area contributed by atoms with E-state index in [1.165, 1.54) is 23.5 Å². The maximum absolute atomic E-state index is 13.9. The Labute approximate surface area is 211 Å². The van der Waals surface area contributed by atoms with E-state index in [9.17, 15) is 18.3 Å². The van der Waals surface area contributed by atoms with Crippen molar-refractivity contribution in [3.05, 3.63) is 68.6 Å². The minimum atomic E-state index is -4.55. The highest BCUT2D eigenvalue weighted by molar-refractivity contribution is 9.10. The lowest BCUT2D eigenvalue weighted by atomic mass is 9.98. The molecule has 35 heavy (non-hydrogen) atoms. The van der Waals surface area contributed by atoms with Crippen molar-refractivity contribution in [3.8, 4) is 5.88 Å². The topological polar surface area (TPSA) is 68.3 Å². The number of rotatable bonds is 4. The smallest absolute Gasteiger partial charge is 0.417 e. The van der Waals surface area contributed by atoms with Crippen LogP contribution in [0.1, 0.15) is 21.6 Å². The maximum atomic E-state index is 13.9. The molecule has 1 aliphatic rings. The van der Waals surface area contributed by atoms with Crippen LogP contribution in [0.15, 0.2) is 47.1 Å². The highest BCUT2D eigenvalue weighted by Gasteiger charge is 2.33. The number of likely N-dealkylation sites (N-methyl/N-ethyl adjacent to an activating group) is 1. The van der Waals surface area contributed by atoms with E-state index in [4.69, 9.17) is 0 Å². The number of aromatic amines is 1. The fourth-order valence-corrected chi connectivity index (χ4v) is 5.47. The van der Waals surface area contributed by atoms with Crippen molar-refractivity contribution in [2.75, 3.05) is 38.1 Å². The lowest BCUT2D eigenvalue weighted by molar-refractivity contribution is -0.137. The highest BCUT2D eigenvalue weighted by Crippen LogP contribution is 2.42. The molecule has 1 saturated heterocycles. The summed E-state index contributed by atoms with van der Waals surface area (Å²) in [5.41, 5.74) is 1.14. The number of H-pyrrole nitrogens is 1. The van der Waals surface area contributed by atoms with Gasteiger partial charge in [0.15, 0.2) is 5.13 Å². The van der Waals surface area contributed by atoms with Crippen LogP contribution in [0.3, 0.4) is 0 Å². The van der Waals surface area contributed by atoms with Gasteiger partial charge < -0.3 is 14.9 Å². The van der Waals surface area contributed by atoms with Gasteiger partial charge in [-0.2, -0.15) is 23.3 Å². The summed E-state index contributed by atoms with van der Waals surface area (Å²) >= 11 is 4.42. The molecule has 0 aliphatic carbocycles. The molecule has 5 rings (SSSR count). The summed E-state index contributed by atoms with van der Waals surface area (Å²) in [6.45, 7) is 3.24. The van der Waals surface area contributed by atoms with E-state index in [1.54, 1.807) is 18.3 Å². The van der Waals surface area contributed by atoms with Crippen LogP contribution in [-0.4, -0.2) is 58.4 Å². The molecule has 2 aromatic carbocycles. The first-order valence-corrected chi connectivity index (χ1v) is 12.5. The van der Waals surface area contributed by atoms with Gasteiger partial charge in [-0.05, 0) is 48.5 Å². The summed E-state index contributed by atoms with van der Waals surface area (Å²) in [6.07, 6.45) is -1.42. The summed E-state index contributed by atoms with van der Waals surface area (Å²) in [5, 5.41) is 19.2. The molecule has 3 heterocycles. The molecular formula is C24H21BrF3N5OS. The molecule has 1 fully saturated rings. The number of anilines is 1. The standard InChI is InChI=1S/C24H21BrF3N5OS/c1-32-6-8-33(9-7-32)23-30-22(34)21(35-23)18(14-3-5-20-16(10-14)13-29-31-20)11-15-2-4-17(25)12-19(15)24(26,27)28/h2-5,10-13,34H,6-9H2,1H3,(H,29,31). The van der Waals surface area contributed by atoms with Crippen LogP contribution < -0.4 is 4.90 Å². The van der Waals surface area contributed by atoms with Gasteiger partial charge in [0.2, 0.25) is 5.88 Å². The van der Waals surface area contributed by atoms with E-state index in [-0.39, 0.29) is 11.4 Å². The average Bonchev–Trinajstić information content (AvgIpc) is 3.44. The first-order chi connectivity index (χ1) is 16.7. The van der Waals surface area contributed by atoms with Crippen molar-refractivity contribution in [1.29, 1.82) is 0 Å². The third kappa shape index (κ3) is 4.93. The first-order valence-electron chi connectivity index (χ1n) is 10.8. The van der Waals surface area contributed by atoms with E-state index in [2.05, 4.69) is 40.9 Å². The molecule has 0 spiro atoms. The monoisotopic (exact) mass is 563 g/mol. The number of fused-ring (bicyclic) bond motifs is 1. The van der Waals surface area contributed by atoms with Crippen molar-refractivity contribution in [2.24, 2.45) is 0 Å². The van der Waals surface area contributed by atoms with Crippen molar-refractivity contribution < 1.29 is 18.3 Å². The summed E-state index contributed by atoms with van der Waals surface area (Å²) < 4.78 is 42.0. The van der Waals surface area contributed by atoms with Crippen molar-refractivity contribution >= 4 is 55.0 Å². The van der Waals surface area contributed by atoms with Crippen LogP contribution >= 0.6 is 27.3 Å². The number of thiazole rings is 1. The third-order valence-electron chi connectivity index (χ3n) is 5.99. The first kappa shape index (κ1) is 23.8. The number of aromatic hydroxyl groups is 1. The zero-order valence-corrected chi connectivity index (χ0v) is 21.0. The number of piperazine rings is 1. The Bertz CT molecular complexity index is 1410. The van der Waals surface area contributed by atoms with Gasteiger partial charge in [-0.25, -0.2) is 0 Å². The Morgan fingerprint density at radius 3 is 2.66 bits per heavy atom. The van der Waals surface area contributed by atoms with Crippen LogP contribution in [-0.2, 0) is 6.18 Å². The number of aromatic nitrogens is 3. The fourth-order valence-electron chi connectivity index (χ4n) is 4.06. The molecule has 6 nitrogen and oxygen atoms in total. The molecule has 0 atom stereocenters. The minimum Gasteiger partial charge on any atom is -0.492 e. The van der Waals surface area contributed by atoms with Crippen LogP contribution in [0.2, 0.25) is 0 Å². The molecule has 0 unspecified atom stereocenters. The number of benzene rings is 2. The van der Waals surface area contributed by atoms with Crippen LogP contribution in [0.25, 0.3) is 22.6 Å². The molecule has 0 saturated carbocycles. The van der Waals surface area contributed by atoms with Gasteiger partial charge in [0, 0.05) is 41.6 Å². The van der Waals surface area contributed by atoms with Crippen molar-refractivity contribution in [1.82, 2.24) is 20.1 Å². The number of nitrogens with zero attached hydrogens (tertiary/aromatic N) is 4. The summed E-state index contributed by atoms with van der Waals surface area (Å²) in [6, 6.07) is 9.50. The molecule has 1 aliphatic heterocycles. The molecule has 0 radical (unpaired) electrons. The molecule has 182 valence electrons. The highest BCUT2D eigenvalue weighted by atomic mass is 79.9. The van der Waals surface area contributed by atoms with Gasteiger partial charge in [0.1, 0.15) is 4.88 Å². The molecule has 0 bridgehead atoms. The van der Waals surface area contributed by atoms with Gasteiger partial charge in [-0.15, -0.1) is 0 Å². The molecular weight excluding hydrogens is 543 g/mol. The van der Waals surface area contributed by atoms with Crippen molar-refractivity contribution in [3.63, 3.8) is 0 Å².